The first-order valence-corrected chi connectivity index (χ1v) is 10.7. The molecule has 10 heteroatoms. The monoisotopic (exact) mass is 480 g/mol. The maximum absolute atomic E-state index is 12.4. The number of anilines is 1. The van der Waals surface area contributed by atoms with E-state index in [-0.39, 0.29) is 0 Å². The Morgan fingerprint density at radius 2 is 1.87 bits per heavy atom. The predicted molar refractivity (Wildman–Crippen MR) is 121 cm³/mol. The lowest BCUT2D eigenvalue weighted by molar-refractivity contribution is -0.152. The molecule has 0 saturated heterocycles. The number of halogens is 2. The summed E-state index contributed by atoms with van der Waals surface area (Å²) < 4.78 is 11.1. The number of carbonyl (C=O) groups excluding carboxylic acids is 3. The molecule has 1 aromatic heterocycles. The molecule has 0 aliphatic rings. The SMILES string of the molecule is COc1ccc(Cl)cc1NC(=O)C(C)OC(=O)CNC(=O)c1sc2ccccc2c1Cl. The number of nitrogens with one attached hydrogen (secondary N) is 2. The molecular formula is C21H18Cl2N2O5S. The van der Waals surface area contributed by atoms with Crippen LogP contribution in [0.3, 0.4) is 0 Å². The molecule has 3 aromatic rings. The Morgan fingerprint density at radius 1 is 1.13 bits per heavy atom. The number of esters is 1. The summed E-state index contributed by atoms with van der Waals surface area (Å²) in [6, 6.07) is 12.1. The van der Waals surface area contributed by atoms with Crippen molar-refractivity contribution in [3.63, 3.8) is 0 Å². The second-order valence-electron chi connectivity index (χ2n) is 6.39. The average molecular weight is 481 g/mol. The van der Waals surface area contributed by atoms with Crippen molar-refractivity contribution in [2.45, 2.75) is 13.0 Å². The van der Waals surface area contributed by atoms with Crippen molar-refractivity contribution in [1.29, 1.82) is 0 Å². The molecule has 0 bridgehead atoms. The van der Waals surface area contributed by atoms with Crippen molar-refractivity contribution in [2.24, 2.45) is 0 Å². The van der Waals surface area contributed by atoms with Crippen molar-refractivity contribution >= 4 is 68.1 Å². The molecule has 0 spiro atoms. The number of rotatable bonds is 7. The van der Waals surface area contributed by atoms with Gasteiger partial charge in [0, 0.05) is 15.1 Å². The maximum atomic E-state index is 12.4. The molecule has 0 radical (unpaired) electrons. The first-order chi connectivity index (χ1) is 14.8. The van der Waals surface area contributed by atoms with Gasteiger partial charge in [0.1, 0.15) is 17.2 Å². The van der Waals surface area contributed by atoms with E-state index in [9.17, 15) is 14.4 Å². The van der Waals surface area contributed by atoms with Crippen molar-refractivity contribution in [2.75, 3.05) is 19.0 Å². The molecular weight excluding hydrogens is 463 g/mol. The number of hydrogen-bond donors (Lipinski definition) is 2. The third-order valence-corrected chi connectivity index (χ3v) is 6.14. The van der Waals surface area contributed by atoms with Crippen molar-refractivity contribution in [3.8, 4) is 5.75 Å². The molecule has 1 atom stereocenters. The summed E-state index contributed by atoms with van der Waals surface area (Å²) in [5.74, 6) is -1.44. The van der Waals surface area contributed by atoms with E-state index in [1.54, 1.807) is 12.1 Å². The number of amides is 2. The number of fused-ring (bicyclic) bond motifs is 1. The predicted octanol–water partition coefficient (Wildman–Crippen LogP) is 4.52. The molecule has 0 aliphatic heterocycles. The molecule has 1 unspecified atom stereocenters. The standard InChI is InChI=1S/C21H18Cl2N2O5S/c1-11(20(27)25-14-9-12(22)7-8-15(14)29-2)30-17(26)10-24-21(28)19-18(23)13-5-3-4-6-16(13)31-19/h3-9,11H,10H2,1-2H3,(H,24,28)(H,25,27). The minimum atomic E-state index is -1.11. The summed E-state index contributed by atoms with van der Waals surface area (Å²) in [6.45, 7) is 0.996. The van der Waals surface area contributed by atoms with E-state index in [0.717, 1.165) is 10.1 Å². The van der Waals surface area contributed by atoms with E-state index in [2.05, 4.69) is 10.6 Å². The Bertz CT molecular complexity index is 1150. The number of methoxy groups -OCH3 is 1. The van der Waals surface area contributed by atoms with Gasteiger partial charge in [0.15, 0.2) is 6.10 Å². The lowest BCUT2D eigenvalue weighted by Crippen LogP contribution is -2.35. The summed E-state index contributed by atoms with van der Waals surface area (Å²) in [6.07, 6.45) is -1.11. The largest absolute Gasteiger partial charge is 0.495 e. The van der Waals surface area contributed by atoms with Gasteiger partial charge in [-0.05, 0) is 31.2 Å². The lowest BCUT2D eigenvalue weighted by Gasteiger charge is -2.15. The second kappa shape index (κ2) is 10.00. The third kappa shape index (κ3) is 5.46. The molecule has 162 valence electrons. The first-order valence-electron chi connectivity index (χ1n) is 9.09. The Morgan fingerprint density at radius 3 is 2.58 bits per heavy atom. The third-order valence-electron chi connectivity index (χ3n) is 4.23. The summed E-state index contributed by atoms with van der Waals surface area (Å²) in [7, 11) is 1.45. The highest BCUT2D eigenvalue weighted by Gasteiger charge is 2.21. The van der Waals surface area contributed by atoms with E-state index in [1.165, 1.54) is 31.4 Å². The van der Waals surface area contributed by atoms with Gasteiger partial charge < -0.3 is 20.1 Å². The quantitative estimate of drug-likeness (QED) is 0.484. The van der Waals surface area contributed by atoms with E-state index in [1.807, 2.05) is 24.3 Å². The first kappa shape index (κ1) is 22.9. The Balaban J connectivity index is 1.55. The summed E-state index contributed by atoms with van der Waals surface area (Å²) in [4.78, 5) is 37.1. The maximum Gasteiger partial charge on any atom is 0.326 e. The number of ether oxygens (including phenoxy) is 2. The van der Waals surface area contributed by atoms with Crippen LogP contribution in [0.5, 0.6) is 5.75 Å². The number of benzene rings is 2. The van der Waals surface area contributed by atoms with Gasteiger partial charge in [0.25, 0.3) is 11.8 Å². The van der Waals surface area contributed by atoms with Crippen LogP contribution in [0.2, 0.25) is 10.0 Å². The van der Waals surface area contributed by atoms with Crippen LogP contribution in [0.15, 0.2) is 42.5 Å². The number of carbonyl (C=O) groups is 3. The van der Waals surface area contributed by atoms with E-state index in [4.69, 9.17) is 32.7 Å². The van der Waals surface area contributed by atoms with Crippen LogP contribution in [0, 0.1) is 0 Å². The van der Waals surface area contributed by atoms with Gasteiger partial charge in [-0.2, -0.15) is 0 Å². The fourth-order valence-corrected chi connectivity index (χ4v) is 4.30. The van der Waals surface area contributed by atoms with Crippen LogP contribution < -0.4 is 15.4 Å². The average Bonchev–Trinajstić information content (AvgIpc) is 3.09. The van der Waals surface area contributed by atoms with Crippen LogP contribution >= 0.6 is 34.5 Å². The lowest BCUT2D eigenvalue weighted by atomic mass is 10.2. The van der Waals surface area contributed by atoms with Crippen molar-refractivity contribution < 1.29 is 23.9 Å². The molecule has 2 amide bonds. The summed E-state index contributed by atoms with van der Waals surface area (Å²) in [5, 5.41) is 6.56. The highest BCUT2D eigenvalue weighted by atomic mass is 35.5. The zero-order valence-electron chi connectivity index (χ0n) is 16.5. The van der Waals surface area contributed by atoms with Crippen LogP contribution in [0.4, 0.5) is 5.69 Å². The fourth-order valence-electron chi connectivity index (χ4n) is 2.70. The van der Waals surface area contributed by atoms with Crippen molar-refractivity contribution in [1.82, 2.24) is 5.32 Å². The Kier molecular flexibility index (Phi) is 7.37. The second-order valence-corrected chi connectivity index (χ2v) is 8.26. The number of hydrogen-bond acceptors (Lipinski definition) is 6. The summed E-state index contributed by atoms with van der Waals surface area (Å²) in [5.41, 5.74) is 0.343. The highest BCUT2D eigenvalue weighted by Crippen LogP contribution is 2.35. The fraction of sp³-hybridized carbons (Fsp3) is 0.190. The number of thiophene rings is 1. The zero-order chi connectivity index (χ0) is 22.5. The molecule has 2 N–H and O–H groups in total. The minimum Gasteiger partial charge on any atom is -0.495 e. The van der Waals surface area contributed by atoms with Gasteiger partial charge in [-0.15, -0.1) is 11.3 Å². The smallest absolute Gasteiger partial charge is 0.326 e. The molecule has 31 heavy (non-hydrogen) atoms. The zero-order valence-corrected chi connectivity index (χ0v) is 18.9. The van der Waals surface area contributed by atoms with Crippen LogP contribution in [0.25, 0.3) is 10.1 Å². The molecule has 1 heterocycles. The van der Waals surface area contributed by atoms with E-state index < -0.39 is 30.4 Å². The molecule has 0 aliphatic carbocycles. The Labute approximate surface area is 192 Å². The molecule has 3 rings (SSSR count). The molecule has 2 aromatic carbocycles. The van der Waals surface area contributed by atoms with Crippen LogP contribution in [0.1, 0.15) is 16.6 Å². The van der Waals surface area contributed by atoms with Gasteiger partial charge in [-0.25, -0.2) is 0 Å². The highest BCUT2D eigenvalue weighted by molar-refractivity contribution is 7.21. The van der Waals surface area contributed by atoms with Crippen LogP contribution in [-0.2, 0) is 14.3 Å². The Hall–Kier alpha value is -2.81. The molecule has 0 saturated carbocycles. The molecule has 7 nitrogen and oxygen atoms in total. The van der Waals surface area contributed by atoms with E-state index >= 15 is 0 Å². The van der Waals surface area contributed by atoms with Crippen molar-refractivity contribution in [3.05, 3.63) is 57.4 Å². The van der Waals surface area contributed by atoms with Gasteiger partial charge in [0.05, 0.1) is 17.8 Å². The van der Waals surface area contributed by atoms with Crippen LogP contribution in [-0.4, -0.2) is 37.5 Å². The summed E-state index contributed by atoms with van der Waals surface area (Å²) >= 11 is 13.4. The van der Waals surface area contributed by atoms with E-state index in [0.29, 0.717) is 26.4 Å². The topological polar surface area (TPSA) is 93.7 Å². The van der Waals surface area contributed by atoms with Gasteiger partial charge in [-0.3, -0.25) is 14.4 Å². The minimum absolute atomic E-state index is 0.300. The van der Waals surface area contributed by atoms with Gasteiger partial charge in [0.2, 0.25) is 0 Å². The molecule has 0 fully saturated rings. The van der Waals surface area contributed by atoms with Gasteiger partial charge >= 0.3 is 5.97 Å². The van der Waals surface area contributed by atoms with Gasteiger partial charge in [-0.1, -0.05) is 41.4 Å². The normalized spacial score (nSPS) is 11.6.